The molecule has 0 saturated heterocycles. The van der Waals surface area contributed by atoms with E-state index < -0.39 is 0 Å². The number of anilines is 1. The second-order valence-corrected chi connectivity index (χ2v) is 5.25. The molecule has 20 heavy (non-hydrogen) atoms. The molecule has 0 spiro atoms. The van der Waals surface area contributed by atoms with Gasteiger partial charge in [-0.1, -0.05) is 24.3 Å². The number of hydrogen-bond donors (Lipinski definition) is 1. The van der Waals surface area contributed by atoms with Crippen LogP contribution in [-0.4, -0.2) is 12.1 Å². The highest BCUT2D eigenvalue weighted by molar-refractivity contribution is 7.13. The van der Waals surface area contributed by atoms with Crippen LogP contribution in [0.3, 0.4) is 0 Å². The molecule has 0 amide bonds. The normalized spacial score (nSPS) is 10.4. The highest BCUT2D eigenvalue weighted by atomic mass is 32.1. The van der Waals surface area contributed by atoms with E-state index in [0.717, 1.165) is 33.3 Å². The van der Waals surface area contributed by atoms with Gasteiger partial charge < -0.3 is 10.5 Å². The topological polar surface area (TPSA) is 48.1 Å². The van der Waals surface area contributed by atoms with E-state index in [1.165, 1.54) is 0 Å². The lowest BCUT2D eigenvalue weighted by atomic mass is 10.1. The number of benzene rings is 2. The summed E-state index contributed by atoms with van der Waals surface area (Å²) in [4.78, 5) is 4.67. The Labute approximate surface area is 121 Å². The Balaban J connectivity index is 1.97. The molecule has 0 saturated carbocycles. The third-order valence-corrected chi connectivity index (χ3v) is 3.89. The molecule has 3 rings (SSSR count). The van der Waals surface area contributed by atoms with Crippen molar-refractivity contribution in [1.29, 1.82) is 0 Å². The van der Waals surface area contributed by atoms with Crippen molar-refractivity contribution in [3.05, 3.63) is 53.9 Å². The van der Waals surface area contributed by atoms with Gasteiger partial charge in [0.05, 0.1) is 12.8 Å². The first-order valence-electron chi connectivity index (χ1n) is 6.22. The van der Waals surface area contributed by atoms with Gasteiger partial charge in [0.15, 0.2) is 0 Å². The standard InChI is InChI=1S/C16H14N2OS/c1-19-14-7-3-5-12(9-14)16-18-15(10-20-16)11-4-2-6-13(17)8-11/h2-10H,17H2,1H3. The van der Waals surface area contributed by atoms with Crippen molar-refractivity contribution in [2.45, 2.75) is 0 Å². The molecule has 2 aromatic carbocycles. The molecule has 0 aliphatic carbocycles. The molecule has 100 valence electrons. The SMILES string of the molecule is COc1cccc(-c2nc(-c3cccc(N)c3)cs2)c1. The fraction of sp³-hybridized carbons (Fsp3) is 0.0625. The van der Waals surface area contributed by atoms with Crippen LogP contribution >= 0.6 is 11.3 Å². The van der Waals surface area contributed by atoms with Crippen LogP contribution in [0.25, 0.3) is 21.8 Å². The largest absolute Gasteiger partial charge is 0.497 e. The fourth-order valence-electron chi connectivity index (χ4n) is 1.99. The lowest BCUT2D eigenvalue weighted by Gasteiger charge is -2.01. The zero-order valence-electron chi connectivity index (χ0n) is 11.0. The number of methoxy groups -OCH3 is 1. The summed E-state index contributed by atoms with van der Waals surface area (Å²) in [6, 6.07) is 15.7. The minimum absolute atomic E-state index is 0.749. The molecule has 3 nitrogen and oxygen atoms in total. The second kappa shape index (κ2) is 5.35. The summed E-state index contributed by atoms with van der Waals surface area (Å²) in [6.07, 6.45) is 0. The molecule has 0 atom stereocenters. The number of nitrogens with two attached hydrogens (primary N) is 1. The fourth-order valence-corrected chi connectivity index (χ4v) is 2.82. The van der Waals surface area contributed by atoms with Crippen LogP contribution in [0, 0.1) is 0 Å². The van der Waals surface area contributed by atoms with Crippen LogP contribution in [0.2, 0.25) is 0 Å². The van der Waals surface area contributed by atoms with Crippen LogP contribution in [0.4, 0.5) is 5.69 Å². The average molecular weight is 282 g/mol. The molecule has 1 heterocycles. The van der Waals surface area contributed by atoms with Crippen LogP contribution < -0.4 is 10.5 Å². The van der Waals surface area contributed by atoms with E-state index in [-0.39, 0.29) is 0 Å². The van der Waals surface area contributed by atoms with E-state index in [1.54, 1.807) is 18.4 Å². The van der Waals surface area contributed by atoms with Gasteiger partial charge in [0.1, 0.15) is 10.8 Å². The van der Waals surface area contributed by atoms with Crippen molar-refractivity contribution in [3.8, 4) is 27.6 Å². The van der Waals surface area contributed by atoms with Crippen LogP contribution in [0.1, 0.15) is 0 Å². The Kier molecular flexibility index (Phi) is 3.39. The van der Waals surface area contributed by atoms with E-state index >= 15 is 0 Å². The Morgan fingerprint density at radius 2 is 1.85 bits per heavy atom. The lowest BCUT2D eigenvalue weighted by molar-refractivity contribution is 0.415. The molecule has 1 aromatic heterocycles. The molecule has 0 aliphatic heterocycles. The van der Waals surface area contributed by atoms with Gasteiger partial charge in [-0.2, -0.15) is 0 Å². The van der Waals surface area contributed by atoms with Crippen LogP contribution in [-0.2, 0) is 0 Å². The van der Waals surface area contributed by atoms with E-state index in [2.05, 4.69) is 4.98 Å². The van der Waals surface area contributed by atoms with E-state index in [4.69, 9.17) is 10.5 Å². The monoisotopic (exact) mass is 282 g/mol. The number of nitrogens with zero attached hydrogens (tertiary/aromatic N) is 1. The average Bonchev–Trinajstić information content (AvgIpc) is 2.97. The number of hydrogen-bond acceptors (Lipinski definition) is 4. The maximum atomic E-state index is 5.81. The smallest absolute Gasteiger partial charge is 0.124 e. The minimum atomic E-state index is 0.749. The molecule has 0 radical (unpaired) electrons. The molecule has 0 unspecified atom stereocenters. The Morgan fingerprint density at radius 1 is 1.05 bits per heavy atom. The van der Waals surface area contributed by atoms with Gasteiger partial charge in [-0.3, -0.25) is 0 Å². The van der Waals surface area contributed by atoms with Crippen molar-refractivity contribution in [1.82, 2.24) is 4.98 Å². The van der Waals surface area contributed by atoms with Gasteiger partial charge in [0.2, 0.25) is 0 Å². The van der Waals surface area contributed by atoms with E-state index in [9.17, 15) is 0 Å². The molecule has 2 N–H and O–H groups in total. The number of thiazole rings is 1. The van der Waals surface area contributed by atoms with Gasteiger partial charge in [-0.05, 0) is 24.3 Å². The van der Waals surface area contributed by atoms with Gasteiger partial charge in [-0.15, -0.1) is 11.3 Å². The molecule has 0 bridgehead atoms. The molecule has 3 aromatic rings. The zero-order valence-corrected chi connectivity index (χ0v) is 11.9. The predicted octanol–water partition coefficient (Wildman–Crippen LogP) is 4.07. The highest BCUT2D eigenvalue weighted by Crippen LogP contribution is 2.31. The third kappa shape index (κ3) is 2.51. The summed E-state index contributed by atoms with van der Waals surface area (Å²) in [5, 5.41) is 3.02. The van der Waals surface area contributed by atoms with Crippen molar-refractivity contribution in [3.63, 3.8) is 0 Å². The summed E-state index contributed by atoms with van der Waals surface area (Å²) in [5.41, 5.74) is 9.60. The van der Waals surface area contributed by atoms with Crippen LogP contribution in [0.5, 0.6) is 5.75 Å². The van der Waals surface area contributed by atoms with Crippen molar-refractivity contribution in [2.24, 2.45) is 0 Å². The third-order valence-electron chi connectivity index (χ3n) is 3.00. The van der Waals surface area contributed by atoms with Crippen molar-refractivity contribution in [2.75, 3.05) is 12.8 Å². The van der Waals surface area contributed by atoms with Gasteiger partial charge >= 0.3 is 0 Å². The maximum Gasteiger partial charge on any atom is 0.124 e. The van der Waals surface area contributed by atoms with E-state index in [0.29, 0.717) is 0 Å². The quantitative estimate of drug-likeness (QED) is 0.737. The van der Waals surface area contributed by atoms with E-state index in [1.807, 2.05) is 53.9 Å². The number of aromatic nitrogens is 1. The first-order chi connectivity index (χ1) is 9.76. The summed E-state index contributed by atoms with van der Waals surface area (Å²) >= 11 is 1.62. The highest BCUT2D eigenvalue weighted by Gasteiger charge is 2.07. The summed E-state index contributed by atoms with van der Waals surface area (Å²) in [6.45, 7) is 0. The molecule has 0 fully saturated rings. The van der Waals surface area contributed by atoms with Gasteiger partial charge in [-0.25, -0.2) is 4.98 Å². The van der Waals surface area contributed by atoms with Crippen molar-refractivity contribution < 1.29 is 4.74 Å². The van der Waals surface area contributed by atoms with Crippen LogP contribution in [0.15, 0.2) is 53.9 Å². The second-order valence-electron chi connectivity index (χ2n) is 4.40. The van der Waals surface area contributed by atoms with Crippen molar-refractivity contribution >= 4 is 17.0 Å². The first-order valence-corrected chi connectivity index (χ1v) is 7.10. The molecule has 0 aliphatic rings. The van der Waals surface area contributed by atoms with Gasteiger partial charge in [0.25, 0.3) is 0 Å². The summed E-state index contributed by atoms with van der Waals surface area (Å²) in [7, 11) is 1.67. The van der Waals surface area contributed by atoms with Gasteiger partial charge in [0, 0.05) is 22.2 Å². The molecule has 4 heteroatoms. The molecular formula is C16H14N2OS. The molecular weight excluding hydrogens is 268 g/mol. The minimum Gasteiger partial charge on any atom is -0.497 e. The first kappa shape index (κ1) is 12.7. The zero-order chi connectivity index (χ0) is 13.9. The Hall–Kier alpha value is -2.33. The maximum absolute atomic E-state index is 5.81. The number of ether oxygens (including phenoxy) is 1. The lowest BCUT2D eigenvalue weighted by Crippen LogP contribution is -1.86. The predicted molar refractivity (Wildman–Crippen MR) is 84.0 cm³/mol. The summed E-state index contributed by atoms with van der Waals surface area (Å²) < 4.78 is 5.24. The Bertz CT molecular complexity index is 737. The number of rotatable bonds is 3. The number of nitrogen functional groups attached to an aromatic ring is 1. The summed E-state index contributed by atoms with van der Waals surface area (Å²) in [5.74, 6) is 0.836. The Morgan fingerprint density at radius 3 is 2.65 bits per heavy atom.